The highest BCUT2D eigenvalue weighted by molar-refractivity contribution is 5.79. The van der Waals surface area contributed by atoms with Gasteiger partial charge in [0.1, 0.15) is 11.5 Å². The van der Waals surface area contributed by atoms with Gasteiger partial charge in [-0.3, -0.25) is 9.59 Å². The van der Waals surface area contributed by atoms with E-state index in [9.17, 15) is 9.59 Å². The van der Waals surface area contributed by atoms with Gasteiger partial charge in [-0.15, -0.1) is 0 Å². The van der Waals surface area contributed by atoms with Crippen molar-refractivity contribution in [2.24, 2.45) is 11.8 Å². The molecular formula is C19H18O4. The zero-order chi connectivity index (χ0) is 16.1. The molecular weight excluding hydrogens is 292 g/mol. The summed E-state index contributed by atoms with van der Waals surface area (Å²) in [6.07, 6.45) is 1.79. The SMILES string of the molecule is O=C(Oc1ccccc1)C1CCC(C(=O)Oc2ccccc2)C1. The average Bonchev–Trinajstić information content (AvgIpc) is 3.07. The first-order valence-corrected chi connectivity index (χ1v) is 7.76. The molecule has 1 aliphatic carbocycles. The average molecular weight is 310 g/mol. The van der Waals surface area contributed by atoms with Crippen LogP contribution in [0.5, 0.6) is 11.5 Å². The van der Waals surface area contributed by atoms with E-state index in [0.717, 1.165) is 0 Å². The van der Waals surface area contributed by atoms with Crippen LogP contribution in [0.15, 0.2) is 60.7 Å². The van der Waals surface area contributed by atoms with Crippen LogP contribution in [-0.2, 0) is 9.59 Å². The zero-order valence-electron chi connectivity index (χ0n) is 12.7. The first-order chi connectivity index (χ1) is 11.2. The van der Waals surface area contributed by atoms with Crippen molar-refractivity contribution in [1.29, 1.82) is 0 Å². The number of para-hydroxylation sites is 2. The minimum Gasteiger partial charge on any atom is -0.426 e. The fraction of sp³-hybridized carbons (Fsp3) is 0.263. The summed E-state index contributed by atoms with van der Waals surface area (Å²) in [7, 11) is 0. The van der Waals surface area contributed by atoms with Crippen molar-refractivity contribution in [3.63, 3.8) is 0 Å². The van der Waals surface area contributed by atoms with Gasteiger partial charge in [-0.05, 0) is 43.5 Å². The molecule has 4 nitrogen and oxygen atoms in total. The van der Waals surface area contributed by atoms with Gasteiger partial charge in [0.05, 0.1) is 11.8 Å². The van der Waals surface area contributed by atoms with Crippen molar-refractivity contribution < 1.29 is 19.1 Å². The van der Waals surface area contributed by atoms with Gasteiger partial charge in [-0.2, -0.15) is 0 Å². The van der Waals surface area contributed by atoms with Crippen LogP contribution in [0.3, 0.4) is 0 Å². The molecule has 0 bridgehead atoms. The number of carbonyl (C=O) groups excluding carboxylic acids is 2. The maximum Gasteiger partial charge on any atom is 0.314 e. The lowest BCUT2D eigenvalue weighted by molar-refractivity contribution is -0.140. The molecule has 2 unspecified atom stereocenters. The molecule has 0 spiro atoms. The first-order valence-electron chi connectivity index (χ1n) is 7.76. The lowest BCUT2D eigenvalue weighted by atomic mass is 10.1. The molecule has 0 heterocycles. The van der Waals surface area contributed by atoms with Gasteiger partial charge in [-0.25, -0.2) is 0 Å². The molecule has 0 saturated heterocycles. The standard InChI is InChI=1S/C19H18O4/c20-18(22-16-7-3-1-4-8-16)14-11-12-15(13-14)19(21)23-17-9-5-2-6-10-17/h1-10,14-15H,11-13H2. The minimum atomic E-state index is -0.272. The van der Waals surface area contributed by atoms with Crippen molar-refractivity contribution in [3.05, 3.63) is 60.7 Å². The van der Waals surface area contributed by atoms with Crippen molar-refractivity contribution in [2.75, 3.05) is 0 Å². The summed E-state index contributed by atoms with van der Waals surface area (Å²) >= 11 is 0. The summed E-state index contributed by atoms with van der Waals surface area (Å²) in [4.78, 5) is 24.3. The van der Waals surface area contributed by atoms with Gasteiger partial charge in [0, 0.05) is 0 Å². The highest BCUT2D eigenvalue weighted by Gasteiger charge is 2.36. The molecule has 1 aliphatic rings. The summed E-state index contributed by atoms with van der Waals surface area (Å²) in [5.41, 5.74) is 0. The summed E-state index contributed by atoms with van der Waals surface area (Å²) in [6, 6.07) is 18.0. The topological polar surface area (TPSA) is 52.6 Å². The van der Waals surface area contributed by atoms with Crippen LogP contribution in [0.2, 0.25) is 0 Å². The number of benzene rings is 2. The van der Waals surface area contributed by atoms with Gasteiger partial charge in [0.15, 0.2) is 0 Å². The van der Waals surface area contributed by atoms with Crippen molar-refractivity contribution in [3.8, 4) is 11.5 Å². The summed E-state index contributed by atoms with van der Waals surface area (Å²) in [5.74, 6) is 0.0325. The molecule has 3 rings (SSSR count). The largest absolute Gasteiger partial charge is 0.426 e. The third-order valence-electron chi connectivity index (χ3n) is 4.02. The lowest BCUT2D eigenvalue weighted by Crippen LogP contribution is -2.21. The van der Waals surface area contributed by atoms with E-state index in [1.54, 1.807) is 24.3 Å². The summed E-state index contributed by atoms with van der Waals surface area (Å²) in [6.45, 7) is 0. The highest BCUT2D eigenvalue weighted by Crippen LogP contribution is 2.33. The van der Waals surface area contributed by atoms with E-state index in [1.807, 2.05) is 36.4 Å². The summed E-state index contributed by atoms with van der Waals surface area (Å²) in [5, 5.41) is 0. The van der Waals surface area contributed by atoms with Gasteiger partial charge in [-0.1, -0.05) is 36.4 Å². The Bertz CT molecular complexity index is 607. The molecule has 1 saturated carbocycles. The van der Waals surface area contributed by atoms with E-state index in [0.29, 0.717) is 30.8 Å². The number of hydrogen-bond donors (Lipinski definition) is 0. The van der Waals surface area contributed by atoms with E-state index >= 15 is 0 Å². The van der Waals surface area contributed by atoms with Crippen LogP contribution < -0.4 is 9.47 Å². The van der Waals surface area contributed by atoms with E-state index < -0.39 is 0 Å². The Kier molecular flexibility index (Phi) is 4.71. The molecule has 0 amide bonds. The predicted octanol–water partition coefficient (Wildman–Crippen LogP) is 3.61. The monoisotopic (exact) mass is 310 g/mol. The third kappa shape index (κ3) is 3.97. The molecule has 0 N–H and O–H groups in total. The molecule has 2 aromatic rings. The number of carbonyl (C=O) groups is 2. The molecule has 0 aliphatic heterocycles. The van der Waals surface area contributed by atoms with Gasteiger partial charge in [0.2, 0.25) is 0 Å². The predicted molar refractivity (Wildman–Crippen MR) is 85.0 cm³/mol. The molecule has 23 heavy (non-hydrogen) atoms. The van der Waals surface area contributed by atoms with E-state index in [1.165, 1.54) is 0 Å². The Morgan fingerprint density at radius 1 is 0.696 bits per heavy atom. The molecule has 1 fully saturated rings. The molecule has 2 aromatic carbocycles. The second-order valence-electron chi connectivity index (χ2n) is 5.68. The van der Waals surface area contributed by atoms with Crippen LogP contribution in [0.1, 0.15) is 19.3 Å². The quantitative estimate of drug-likeness (QED) is 0.639. The maximum absolute atomic E-state index is 12.2. The highest BCUT2D eigenvalue weighted by atomic mass is 16.5. The smallest absolute Gasteiger partial charge is 0.314 e. The maximum atomic E-state index is 12.2. The number of hydrogen-bond acceptors (Lipinski definition) is 4. The van der Waals surface area contributed by atoms with Crippen molar-refractivity contribution in [2.45, 2.75) is 19.3 Å². The molecule has 0 aromatic heterocycles. The fourth-order valence-corrected chi connectivity index (χ4v) is 2.79. The van der Waals surface area contributed by atoms with Crippen LogP contribution >= 0.6 is 0 Å². The van der Waals surface area contributed by atoms with Crippen LogP contribution in [-0.4, -0.2) is 11.9 Å². The molecule has 2 atom stereocenters. The van der Waals surface area contributed by atoms with Crippen molar-refractivity contribution >= 4 is 11.9 Å². The van der Waals surface area contributed by atoms with E-state index in [-0.39, 0.29) is 23.8 Å². The summed E-state index contributed by atoms with van der Waals surface area (Å²) < 4.78 is 10.7. The van der Waals surface area contributed by atoms with Crippen LogP contribution in [0.25, 0.3) is 0 Å². The molecule has 4 heteroatoms. The Morgan fingerprint density at radius 3 is 1.48 bits per heavy atom. The Labute approximate surface area is 135 Å². The number of esters is 2. The lowest BCUT2D eigenvalue weighted by Gasteiger charge is -2.11. The zero-order valence-corrected chi connectivity index (χ0v) is 12.7. The number of rotatable bonds is 4. The second kappa shape index (κ2) is 7.09. The van der Waals surface area contributed by atoms with Crippen LogP contribution in [0.4, 0.5) is 0 Å². The first kappa shape index (κ1) is 15.3. The Hall–Kier alpha value is -2.62. The van der Waals surface area contributed by atoms with Crippen LogP contribution in [0, 0.1) is 11.8 Å². The third-order valence-corrected chi connectivity index (χ3v) is 4.02. The fourth-order valence-electron chi connectivity index (χ4n) is 2.79. The molecule has 0 radical (unpaired) electrons. The Morgan fingerprint density at radius 2 is 1.09 bits per heavy atom. The van der Waals surface area contributed by atoms with Gasteiger partial charge >= 0.3 is 11.9 Å². The normalized spacial score (nSPS) is 20.0. The van der Waals surface area contributed by atoms with Gasteiger partial charge < -0.3 is 9.47 Å². The van der Waals surface area contributed by atoms with E-state index in [4.69, 9.17) is 9.47 Å². The minimum absolute atomic E-state index is 0.247. The number of ether oxygens (including phenoxy) is 2. The molecule has 118 valence electrons. The van der Waals surface area contributed by atoms with E-state index in [2.05, 4.69) is 0 Å². The Balaban J connectivity index is 1.53. The van der Waals surface area contributed by atoms with Crippen molar-refractivity contribution in [1.82, 2.24) is 0 Å². The second-order valence-corrected chi connectivity index (χ2v) is 5.68. The van der Waals surface area contributed by atoms with Gasteiger partial charge in [0.25, 0.3) is 0 Å².